The van der Waals surface area contributed by atoms with Gasteiger partial charge in [-0.05, 0) is 53.7 Å². The van der Waals surface area contributed by atoms with Gasteiger partial charge in [0, 0.05) is 11.0 Å². The maximum Gasteiger partial charge on any atom is 0.147 e. The van der Waals surface area contributed by atoms with E-state index in [-0.39, 0.29) is 17.5 Å². The zero-order chi connectivity index (χ0) is 13.3. The molecule has 1 aromatic rings. The van der Waals surface area contributed by atoms with Crippen LogP contribution in [0.4, 0.5) is 10.1 Å². The highest BCUT2D eigenvalue weighted by atomic mass is 79.9. The van der Waals surface area contributed by atoms with Gasteiger partial charge in [-0.25, -0.2) is 4.39 Å². The summed E-state index contributed by atoms with van der Waals surface area (Å²) in [5.41, 5.74) is 0.692. The second-order valence-corrected chi connectivity index (χ2v) is 6.50. The fourth-order valence-corrected chi connectivity index (χ4v) is 3.79. The van der Waals surface area contributed by atoms with Gasteiger partial charge in [-0.2, -0.15) is 0 Å². The summed E-state index contributed by atoms with van der Waals surface area (Å²) in [5.74, 6) is -0.219. The maximum atomic E-state index is 13.7. The summed E-state index contributed by atoms with van der Waals surface area (Å²) in [6.07, 6.45) is 7.44. The summed E-state index contributed by atoms with van der Waals surface area (Å²) in [6.45, 7) is 0.682. The molecule has 1 aliphatic carbocycles. The Hall–Kier alpha value is -0.610. The number of rotatable bonds is 3. The Morgan fingerprint density at radius 2 is 2.11 bits per heavy atom. The predicted molar refractivity (Wildman–Crippen MR) is 77.9 cm³/mol. The largest absolute Gasteiger partial charge is 0.379 e. The first kappa shape index (κ1) is 13.4. The molecule has 1 heterocycles. The molecule has 3 rings (SSSR count). The number of hydrogen-bond donors (Lipinski definition) is 1. The Balaban J connectivity index is 1.59. The zero-order valence-corrected chi connectivity index (χ0v) is 12.5. The van der Waals surface area contributed by atoms with Crippen molar-refractivity contribution >= 4 is 21.6 Å². The average Bonchev–Trinajstić information content (AvgIpc) is 3.00. The van der Waals surface area contributed by atoms with E-state index in [1.165, 1.54) is 31.7 Å². The van der Waals surface area contributed by atoms with Gasteiger partial charge in [0.2, 0.25) is 0 Å². The van der Waals surface area contributed by atoms with E-state index in [4.69, 9.17) is 4.74 Å². The summed E-state index contributed by atoms with van der Waals surface area (Å²) in [4.78, 5) is 0. The number of halogens is 2. The molecule has 1 N–H and O–H groups in total. The third-order valence-corrected chi connectivity index (χ3v) is 4.98. The fourth-order valence-electron chi connectivity index (χ4n) is 3.31. The van der Waals surface area contributed by atoms with Crippen molar-refractivity contribution in [3.63, 3.8) is 0 Å². The van der Waals surface area contributed by atoms with Crippen molar-refractivity contribution in [2.24, 2.45) is 0 Å². The van der Waals surface area contributed by atoms with Crippen molar-refractivity contribution in [3.05, 3.63) is 28.5 Å². The molecule has 1 atom stereocenters. The van der Waals surface area contributed by atoms with Crippen LogP contribution in [0, 0.1) is 5.82 Å². The highest BCUT2D eigenvalue weighted by Crippen LogP contribution is 2.43. The molecule has 1 aliphatic heterocycles. The van der Waals surface area contributed by atoms with Crippen molar-refractivity contribution in [2.75, 3.05) is 11.9 Å². The number of hydrogen-bond acceptors (Lipinski definition) is 2. The van der Waals surface area contributed by atoms with Crippen LogP contribution in [0.3, 0.4) is 0 Å². The second kappa shape index (κ2) is 5.41. The van der Waals surface area contributed by atoms with Crippen LogP contribution in [0.1, 0.15) is 38.5 Å². The van der Waals surface area contributed by atoms with Crippen molar-refractivity contribution in [1.29, 1.82) is 0 Å². The molecule has 2 fully saturated rings. The Labute approximate surface area is 121 Å². The molecule has 2 nitrogen and oxygen atoms in total. The molecular formula is C15H19BrFNO. The average molecular weight is 328 g/mol. The monoisotopic (exact) mass is 327 g/mol. The summed E-state index contributed by atoms with van der Waals surface area (Å²) in [7, 11) is 0. The topological polar surface area (TPSA) is 21.3 Å². The Morgan fingerprint density at radius 1 is 1.32 bits per heavy atom. The van der Waals surface area contributed by atoms with Gasteiger partial charge < -0.3 is 10.1 Å². The number of ether oxygens (including phenoxy) is 1. The van der Waals surface area contributed by atoms with Crippen molar-refractivity contribution in [3.8, 4) is 0 Å². The van der Waals surface area contributed by atoms with Crippen LogP contribution in [0.5, 0.6) is 0 Å². The number of benzene rings is 1. The van der Waals surface area contributed by atoms with Gasteiger partial charge >= 0.3 is 0 Å². The van der Waals surface area contributed by atoms with Crippen molar-refractivity contribution < 1.29 is 9.13 Å². The van der Waals surface area contributed by atoms with Gasteiger partial charge in [0.15, 0.2) is 0 Å². The van der Waals surface area contributed by atoms with Crippen molar-refractivity contribution in [2.45, 2.75) is 50.2 Å². The summed E-state index contributed by atoms with van der Waals surface area (Å²) >= 11 is 3.37. The van der Waals surface area contributed by atoms with Gasteiger partial charge in [0.05, 0.1) is 17.4 Å². The molecule has 1 saturated carbocycles. The molecular weight excluding hydrogens is 309 g/mol. The third-order valence-electron chi connectivity index (χ3n) is 4.32. The van der Waals surface area contributed by atoms with E-state index in [9.17, 15) is 4.39 Å². The highest BCUT2D eigenvalue weighted by molar-refractivity contribution is 9.10. The van der Waals surface area contributed by atoms with Crippen molar-refractivity contribution in [1.82, 2.24) is 0 Å². The van der Waals surface area contributed by atoms with E-state index in [1.54, 1.807) is 6.07 Å². The van der Waals surface area contributed by atoms with Gasteiger partial charge in [-0.1, -0.05) is 18.9 Å². The third kappa shape index (κ3) is 2.79. The second-order valence-electron chi connectivity index (χ2n) is 5.65. The van der Waals surface area contributed by atoms with E-state index in [1.807, 2.05) is 6.07 Å². The molecule has 1 saturated heterocycles. The molecule has 1 aromatic carbocycles. The quantitative estimate of drug-likeness (QED) is 0.883. The summed E-state index contributed by atoms with van der Waals surface area (Å²) in [6, 6.07) is 5.02. The molecule has 104 valence electrons. The molecule has 0 radical (unpaired) electrons. The summed E-state index contributed by atoms with van der Waals surface area (Å²) < 4.78 is 20.7. The standard InChI is InChI=1S/C15H19BrFNO/c16-12-4-3-5-13(17)14(12)18-10-11-6-9-15(19-11)7-1-2-8-15/h3-5,11,18H,1-2,6-10H2. The molecule has 0 amide bonds. The minimum Gasteiger partial charge on any atom is -0.379 e. The number of anilines is 1. The minimum atomic E-state index is -0.219. The van der Waals surface area contributed by atoms with Gasteiger partial charge in [0.1, 0.15) is 5.82 Å². The van der Waals surface area contributed by atoms with Crippen LogP contribution in [-0.4, -0.2) is 18.2 Å². The van der Waals surface area contributed by atoms with E-state index in [0.717, 1.165) is 17.3 Å². The highest BCUT2D eigenvalue weighted by Gasteiger charge is 2.41. The lowest BCUT2D eigenvalue weighted by atomic mass is 9.98. The van der Waals surface area contributed by atoms with E-state index in [2.05, 4.69) is 21.2 Å². The molecule has 2 aliphatic rings. The SMILES string of the molecule is Fc1cccc(Br)c1NCC1CCC2(CCCC2)O1. The van der Waals surface area contributed by atoms with Crippen LogP contribution in [0.25, 0.3) is 0 Å². The van der Waals surface area contributed by atoms with E-state index in [0.29, 0.717) is 12.2 Å². The van der Waals surface area contributed by atoms with E-state index >= 15 is 0 Å². The lowest BCUT2D eigenvalue weighted by molar-refractivity contribution is -0.0307. The van der Waals surface area contributed by atoms with E-state index < -0.39 is 0 Å². The summed E-state index contributed by atoms with van der Waals surface area (Å²) in [5, 5.41) is 3.18. The normalized spacial score (nSPS) is 25.1. The Bertz CT molecular complexity index is 439. The molecule has 1 unspecified atom stereocenters. The molecule has 4 heteroatoms. The van der Waals surface area contributed by atoms with Crippen LogP contribution < -0.4 is 5.32 Å². The molecule has 0 aromatic heterocycles. The van der Waals surface area contributed by atoms with Gasteiger partial charge in [-0.15, -0.1) is 0 Å². The van der Waals surface area contributed by atoms with Gasteiger partial charge in [-0.3, -0.25) is 0 Å². The molecule has 0 bridgehead atoms. The van der Waals surface area contributed by atoms with Crippen LogP contribution in [-0.2, 0) is 4.74 Å². The Morgan fingerprint density at radius 3 is 2.84 bits per heavy atom. The first-order chi connectivity index (χ1) is 9.19. The first-order valence-electron chi connectivity index (χ1n) is 7.04. The number of para-hydroxylation sites is 1. The lowest BCUT2D eigenvalue weighted by Crippen LogP contribution is -2.28. The van der Waals surface area contributed by atoms with Gasteiger partial charge in [0.25, 0.3) is 0 Å². The number of nitrogens with one attached hydrogen (secondary N) is 1. The fraction of sp³-hybridized carbons (Fsp3) is 0.600. The smallest absolute Gasteiger partial charge is 0.147 e. The zero-order valence-electron chi connectivity index (χ0n) is 10.9. The maximum absolute atomic E-state index is 13.7. The predicted octanol–water partition coefficient (Wildman–Crippen LogP) is 4.49. The lowest BCUT2D eigenvalue weighted by Gasteiger charge is -2.24. The molecule has 1 spiro atoms. The van der Waals surface area contributed by atoms with Crippen LogP contribution >= 0.6 is 15.9 Å². The molecule has 19 heavy (non-hydrogen) atoms. The van der Waals surface area contributed by atoms with Crippen LogP contribution in [0.15, 0.2) is 22.7 Å². The minimum absolute atomic E-state index is 0.152. The Kier molecular flexibility index (Phi) is 3.81. The van der Waals surface area contributed by atoms with Crippen LogP contribution in [0.2, 0.25) is 0 Å². The first-order valence-corrected chi connectivity index (χ1v) is 7.84.